The van der Waals surface area contributed by atoms with Crippen molar-refractivity contribution in [1.29, 1.82) is 0 Å². The molecule has 4 rings (SSSR count). The Morgan fingerprint density at radius 1 is 1.52 bits per heavy atom. The first-order chi connectivity index (χ1) is 13.2. The summed E-state index contributed by atoms with van der Waals surface area (Å²) in [5.41, 5.74) is 3.98. The third-order valence-electron chi connectivity index (χ3n) is 5.19. The number of hydrogen-bond acceptors (Lipinski definition) is 4. The predicted octanol–water partition coefficient (Wildman–Crippen LogP) is 5.16. The van der Waals surface area contributed by atoms with Crippen LogP contribution < -0.4 is 4.74 Å². The molecular formula is C22H22N2O3. The van der Waals surface area contributed by atoms with Crippen LogP contribution in [0.3, 0.4) is 0 Å². The van der Waals surface area contributed by atoms with E-state index >= 15 is 0 Å². The van der Waals surface area contributed by atoms with Crippen LogP contribution in [0.15, 0.2) is 53.9 Å². The number of furan rings is 1. The second-order valence-corrected chi connectivity index (χ2v) is 6.86. The zero-order valence-electron chi connectivity index (χ0n) is 15.3. The lowest BCUT2D eigenvalue weighted by Gasteiger charge is -2.24. The smallest absolute Gasteiger partial charge is 0.155 e. The number of carbonyl (C=O) groups excluding carboxylic acids is 1. The van der Waals surface area contributed by atoms with Gasteiger partial charge in [0.1, 0.15) is 17.2 Å². The van der Waals surface area contributed by atoms with Gasteiger partial charge in [-0.2, -0.15) is 0 Å². The van der Waals surface area contributed by atoms with Gasteiger partial charge in [-0.05, 0) is 49.0 Å². The van der Waals surface area contributed by atoms with Gasteiger partial charge in [-0.15, -0.1) is 0 Å². The molecule has 27 heavy (non-hydrogen) atoms. The van der Waals surface area contributed by atoms with E-state index in [0.29, 0.717) is 12.3 Å². The van der Waals surface area contributed by atoms with Crippen molar-refractivity contribution >= 4 is 22.4 Å². The summed E-state index contributed by atoms with van der Waals surface area (Å²) in [6.45, 7) is 3.60. The number of carbonyl (C=O) groups is 1. The van der Waals surface area contributed by atoms with Crippen molar-refractivity contribution < 1.29 is 13.9 Å². The van der Waals surface area contributed by atoms with E-state index in [4.69, 9.17) is 9.15 Å². The van der Waals surface area contributed by atoms with Crippen LogP contribution >= 0.6 is 0 Å². The molecule has 1 unspecified atom stereocenters. The predicted molar refractivity (Wildman–Crippen MR) is 105 cm³/mol. The second kappa shape index (κ2) is 7.27. The van der Waals surface area contributed by atoms with Gasteiger partial charge in [0.05, 0.1) is 19.6 Å². The van der Waals surface area contributed by atoms with E-state index < -0.39 is 0 Å². The van der Waals surface area contributed by atoms with Gasteiger partial charge in [0.15, 0.2) is 5.78 Å². The second-order valence-electron chi connectivity index (χ2n) is 6.86. The van der Waals surface area contributed by atoms with E-state index in [1.165, 1.54) is 11.6 Å². The topological polar surface area (TPSA) is 68.1 Å². The molecule has 5 heteroatoms. The number of hydrogen-bond donors (Lipinski definition) is 1. The summed E-state index contributed by atoms with van der Waals surface area (Å²) < 4.78 is 11.3. The van der Waals surface area contributed by atoms with Crippen molar-refractivity contribution in [3.8, 4) is 17.1 Å². The lowest BCUT2D eigenvalue weighted by Crippen LogP contribution is -2.11. The lowest BCUT2D eigenvalue weighted by atomic mass is 9.82. The number of H-pyrrole nitrogens is 1. The lowest BCUT2D eigenvalue weighted by molar-refractivity contribution is -0.115. The van der Waals surface area contributed by atoms with Crippen molar-refractivity contribution in [2.24, 2.45) is 5.92 Å². The molecule has 0 bridgehead atoms. The maximum absolute atomic E-state index is 11.8. The Bertz CT molecular complexity index is 1010. The number of ether oxygens (including phenoxy) is 1. The number of nitrogens with zero attached hydrogens (tertiary/aromatic N) is 1. The van der Waals surface area contributed by atoms with Gasteiger partial charge in [0, 0.05) is 29.1 Å². The number of pyridine rings is 1. The molecule has 0 radical (unpaired) electrons. The summed E-state index contributed by atoms with van der Waals surface area (Å²) in [5.74, 6) is 1.93. The van der Waals surface area contributed by atoms with Gasteiger partial charge in [-0.25, -0.2) is 4.98 Å². The summed E-state index contributed by atoms with van der Waals surface area (Å²) in [6, 6.07) is 3.81. The summed E-state index contributed by atoms with van der Waals surface area (Å²) in [4.78, 5) is 19.6. The summed E-state index contributed by atoms with van der Waals surface area (Å²) >= 11 is 0. The standard InChI is InChI=1S/C22H22N2O3/c1-3-16(25)11-14-6-4-7-15(10-14)20-19(26-2)13-24-22-21(20)17(12-23-22)18-8-5-9-27-18/h3,5,7-9,12-14H,1,4,6,10-11H2,2H3,(H,23,24). The van der Waals surface area contributed by atoms with Crippen LogP contribution in [-0.2, 0) is 4.79 Å². The van der Waals surface area contributed by atoms with Crippen LogP contribution in [0.5, 0.6) is 5.75 Å². The minimum Gasteiger partial charge on any atom is -0.494 e. The van der Waals surface area contributed by atoms with Crippen molar-refractivity contribution in [1.82, 2.24) is 9.97 Å². The van der Waals surface area contributed by atoms with Crippen LogP contribution in [-0.4, -0.2) is 22.9 Å². The zero-order valence-corrected chi connectivity index (χ0v) is 15.3. The number of ketones is 1. The molecule has 1 aliphatic carbocycles. The van der Waals surface area contributed by atoms with Crippen molar-refractivity contribution in [2.45, 2.75) is 25.7 Å². The Hall–Kier alpha value is -3.08. The first kappa shape index (κ1) is 17.3. The quantitative estimate of drug-likeness (QED) is 0.615. The Morgan fingerprint density at radius 2 is 2.41 bits per heavy atom. The van der Waals surface area contributed by atoms with E-state index in [0.717, 1.165) is 52.9 Å². The van der Waals surface area contributed by atoms with Crippen LogP contribution in [0.1, 0.15) is 31.2 Å². The maximum Gasteiger partial charge on any atom is 0.155 e. The van der Waals surface area contributed by atoms with Gasteiger partial charge in [0.25, 0.3) is 0 Å². The fourth-order valence-corrected chi connectivity index (χ4v) is 3.91. The van der Waals surface area contributed by atoms with E-state index in [2.05, 4.69) is 22.6 Å². The molecule has 0 saturated heterocycles. The molecule has 3 aromatic heterocycles. The summed E-state index contributed by atoms with van der Waals surface area (Å²) in [7, 11) is 1.66. The fraction of sp³-hybridized carbons (Fsp3) is 0.273. The highest BCUT2D eigenvalue weighted by atomic mass is 16.5. The highest BCUT2D eigenvalue weighted by Crippen LogP contribution is 2.43. The Balaban J connectivity index is 1.82. The SMILES string of the molecule is C=CC(=O)CC1CCC=C(c2c(OC)cnc3[nH]cc(-c4ccco4)c23)C1. The molecule has 5 nitrogen and oxygen atoms in total. The minimum absolute atomic E-state index is 0.103. The summed E-state index contributed by atoms with van der Waals surface area (Å²) in [5, 5.41) is 0.992. The maximum atomic E-state index is 11.8. The largest absolute Gasteiger partial charge is 0.494 e. The van der Waals surface area contributed by atoms with E-state index in [-0.39, 0.29) is 5.78 Å². The number of methoxy groups -OCH3 is 1. The van der Waals surface area contributed by atoms with Crippen molar-refractivity contribution in [2.75, 3.05) is 7.11 Å². The molecule has 0 amide bonds. The van der Waals surface area contributed by atoms with Gasteiger partial charge in [0.2, 0.25) is 0 Å². The molecule has 1 N–H and O–H groups in total. The Kier molecular flexibility index (Phi) is 4.67. The monoisotopic (exact) mass is 362 g/mol. The van der Waals surface area contributed by atoms with E-state index in [1.807, 2.05) is 18.3 Å². The molecule has 3 aromatic rings. The van der Waals surface area contributed by atoms with Crippen molar-refractivity contribution in [3.63, 3.8) is 0 Å². The molecule has 138 valence electrons. The zero-order chi connectivity index (χ0) is 18.8. The third-order valence-corrected chi connectivity index (χ3v) is 5.19. The third kappa shape index (κ3) is 3.21. The molecule has 0 aromatic carbocycles. The van der Waals surface area contributed by atoms with Crippen LogP contribution in [0.2, 0.25) is 0 Å². The number of nitrogens with one attached hydrogen (secondary N) is 1. The van der Waals surface area contributed by atoms with Gasteiger partial charge in [-0.1, -0.05) is 12.7 Å². The highest BCUT2D eigenvalue weighted by Gasteiger charge is 2.25. The normalized spacial score (nSPS) is 16.9. The number of aromatic amines is 1. The molecule has 0 saturated carbocycles. The van der Waals surface area contributed by atoms with Crippen molar-refractivity contribution in [3.05, 3.63) is 55.1 Å². The van der Waals surface area contributed by atoms with Gasteiger partial charge < -0.3 is 14.1 Å². The molecular weight excluding hydrogens is 340 g/mol. The molecule has 1 atom stereocenters. The molecule has 0 spiro atoms. The average molecular weight is 362 g/mol. The Labute approximate surface area is 157 Å². The fourth-order valence-electron chi connectivity index (χ4n) is 3.91. The first-order valence-electron chi connectivity index (χ1n) is 9.14. The molecule has 0 fully saturated rings. The molecule has 0 aliphatic heterocycles. The molecule has 3 heterocycles. The average Bonchev–Trinajstić information content (AvgIpc) is 3.36. The Morgan fingerprint density at radius 3 is 3.15 bits per heavy atom. The highest BCUT2D eigenvalue weighted by molar-refractivity contribution is 6.02. The number of rotatable bonds is 6. The number of aromatic nitrogens is 2. The minimum atomic E-state index is 0.103. The number of allylic oxidation sites excluding steroid dienone is 3. The van der Waals surface area contributed by atoms with Crippen LogP contribution in [0.4, 0.5) is 0 Å². The van der Waals surface area contributed by atoms with E-state index in [1.54, 1.807) is 19.6 Å². The first-order valence-corrected chi connectivity index (χ1v) is 9.14. The van der Waals surface area contributed by atoms with Crippen LogP contribution in [0.25, 0.3) is 27.9 Å². The van der Waals surface area contributed by atoms with Gasteiger partial charge in [-0.3, -0.25) is 4.79 Å². The summed E-state index contributed by atoms with van der Waals surface area (Å²) in [6.07, 6.45) is 12.3. The molecule has 1 aliphatic rings. The number of fused-ring (bicyclic) bond motifs is 1. The van der Waals surface area contributed by atoms with E-state index in [9.17, 15) is 4.79 Å². The van der Waals surface area contributed by atoms with Crippen LogP contribution in [0, 0.1) is 5.92 Å². The van der Waals surface area contributed by atoms with Gasteiger partial charge >= 0.3 is 0 Å².